The Labute approximate surface area is 101 Å². The lowest BCUT2D eigenvalue weighted by molar-refractivity contribution is 0.317. The van der Waals surface area contributed by atoms with E-state index in [1.54, 1.807) is 12.1 Å². The van der Waals surface area contributed by atoms with Gasteiger partial charge in [-0.3, -0.25) is 0 Å². The van der Waals surface area contributed by atoms with Gasteiger partial charge in [0.25, 0.3) is 0 Å². The van der Waals surface area contributed by atoms with Crippen LogP contribution in [0.1, 0.15) is 25.3 Å². The molecule has 16 heavy (non-hydrogen) atoms. The van der Waals surface area contributed by atoms with Crippen molar-refractivity contribution in [2.75, 3.05) is 6.54 Å². The predicted octanol–water partition coefficient (Wildman–Crippen LogP) is 3.41. The average Bonchev–Trinajstić information content (AvgIpc) is 2.24. The van der Waals surface area contributed by atoms with Crippen LogP contribution in [0.4, 0.5) is 4.39 Å². The number of halogens is 2. The summed E-state index contributed by atoms with van der Waals surface area (Å²) in [4.78, 5) is 0. The molecular formula is C13H17ClFN. The van der Waals surface area contributed by atoms with Crippen LogP contribution < -0.4 is 5.32 Å². The van der Waals surface area contributed by atoms with Crippen LogP contribution in [0.25, 0.3) is 0 Å². The van der Waals surface area contributed by atoms with E-state index in [1.165, 1.54) is 12.5 Å². The third kappa shape index (κ3) is 2.74. The molecule has 0 aromatic heterocycles. The molecule has 1 N–H and O–H groups in total. The van der Waals surface area contributed by atoms with Crippen molar-refractivity contribution < 1.29 is 4.39 Å². The monoisotopic (exact) mass is 241 g/mol. The summed E-state index contributed by atoms with van der Waals surface area (Å²) in [5, 5.41) is 3.97. The summed E-state index contributed by atoms with van der Waals surface area (Å²) in [6.45, 7) is 3.27. The summed E-state index contributed by atoms with van der Waals surface area (Å²) < 4.78 is 13.6. The number of nitrogens with one attached hydrogen (secondary N) is 1. The third-order valence-corrected chi connectivity index (χ3v) is 3.62. The van der Waals surface area contributed by atoms with E-state index in [0.29, 0.717) is 23.0 Å². The fourth-order valence-corrected chi connectivity index (χ4v) is 2.59. The van der Waals surface area contributed by atoms with E-state index in [-0.39, 0.29) is 5.82 Å². The van der Waals surface area contributed by atoms with Crippen molar-refractivity contribution in [2.24, 2.45) is 5.92 Å². The summed E-state index contributed by atoms with van der Waals surface area (Å²) in [6.07, 6.45) is 3.00. The Morgan fingerprint density at radius 2 is 2.31 bits per heavy atom. The second-order valence-electron chi connectivity index (χ2n) is 4.68. The number of hydrogen-bond donors (Lipinski definition) is 1. The number of hydrogen-bond acceptors (Lipinski definition) is 1. The molecular weight excluding hydrogens is 225 g/mol. The van der Waals surface area contributed by atoms with Crippen molar-refractivity contribution in [1.82, 2.24) is 5.32 Å². The van der Waals surface area contributed by atoms with Gasteiger partial charge in [0.1, 0.15) is 5.82 Å². The Kier molecular flexibility index (Phi) is 3.82. The molecule has 1 nitrogen and oxygen atoms in total. The van der Waals surface area contributed by atoms with Gasteiger partial charge in [0.2, 0.25) is 0 Å². The Balaban J connectivity index is 2.08. The smallest absolute Gasteiger partial charge is 0.127 e. The van der Waals surface area contributed by atoms with Crippen molar-refractivity contribution in [3.8, 4) is 0 Å². The Morgan fingerprint density at radius 1 is 1.50 bits per heavy atom. The highest BCUT2D eigenvalue weighted by Crippen LogP contribution is 2.24. The highest BCUT2D eigenvalue weighted by atomic mass is 35.5. The van der Waals surface area contributed by atoms with Crippen molar-refractivity contribution >= 4 is 11.6 Å². The molecule has 1 aliphatic rings. The van der Waals surface area contributed by atoms with Crippen LogP contribution in [0.3, 0.4) is 0 Å². The maximum atomic E-state index is 13.6. The van der Waals surface area contributed by atoms with E-state index in [0.717, 1.165) is 18.9 Å². The van der Waals surface area contributed by atoms with Gasteiger partial charge in [0, 0.05) is 16.6 Å². The average molecular weight is 242 g/mol. The minimum absolute atomic E-state index is 0.187. The largest absolute Gasteiger partial charge is 0.314 e. The van der Waals surface area contributed by atoms with Crippen LogP contribution in [-0.4, -0.2) is 12.6 Å². The maximum absolute atomic E-state index is 13.6. The molecule has 3 heteroatoms. The molecule has 2 rings (SSSR count). The second-order valence-corrected chi connectivity index (χ2v) is 5.09. The van der Waals surface area contributed by atoms with E-state index in [2.05, 4.69) is 12.2 Å². The van der Waals surface area contributed by atoms with Crippen LogP contribution in [0.15, 0.2) is 18.2 Å². The molecule has 0 saturated carbocycles. The first-order chi connectivity index (χ1) is 7.66. The molecule has 0 radical (unpaired) electrons. The number of benzene rings is 1. The summed E-state index contributed by atoms with van der Waals surface area (Å²) in [5.74, 6) is 0.532. The fraction of sp³-hybridized carbons (Fsp3) is 0.538. The van der Waals surface area contributed by atoms with Gasteiger partial charge in [0.15, 0.2) is 0 Å². The van der Waals surface area contributed by atoms with E-state index in [1.807, 2.05) is 0 Å². The lowest BCUT2D eigenvalue weighted by Gasteiger charge is -2.28. The molecule has 0 bridgehead atoms. The molecule has 2 atom stereocenters. The quantitative estimate of drug-likeness (QED) is 0.837. The second kappa shape index (κ2) is 5.15. The van der Waals surface area contributed by atoms with Gasteiger partial charge in [-0.25, -0.2) is 4.39 Å². The molecule has 0 amide bonds. The van der Waals surface area contributed by atoms with Gasteiger partial charge in [-0.15, -0.1) is 0 Å². The number of rotatable bonds is 2. The number of piperidine rings is 1. The van der Waals surface area contributed by atoms with Gasteiger partial charge in [-0.1, -0.05) is 24.6 Å². The zero-order valence-corrected chi connectivity index (χ0v) is 10.2. The molecule has 88 valence electrons. The van der Waals surface area contributed by atoms with E-state index in [4.69, 9.17) is 11.6 Å². The van der Waals surface area contributed by atoms with Gasteiger partial charge in [0.05, 0.1) is 0 Å². The highest BCUT2D eigenvalue weighted by Gasteiger charge is 2.20. The van der Waals surface area contributed by atoms with E-state index < -0.39 is 0 Å². The van der Waals surface area contributed by atoms with Crippen LogP contribution in [0.5, 0.6) is 0 Å². The first kappa shape index (κ1) is 11.9. The van der Waals surface area contributed by atoms with Crippen molar-refractivity contribution in [3.63, 3.8) is 0 Å². The standard InChI is InChI=1S/C13H17ClFN/c1-9-5-6-16-10(7-9)8-11-12(14)3-2-4-13(11)15/h2-4,9-10,16H,5-8H2,1H3. The molecule has 1 aromatic rings. The zero-order chi connectivity index (χ0) is 11.5. The van der Waals surface area contributed by atoms with Crippen molar-refractivity contribution in [3.05, 3.63) is 34.6 Å². The minimum Gasteiger partial charge on any atom is -0.314 e. The normalized spacial score (nSPS) is 25.7. The SMILES string of the molecule is CC1CCNC(Cc2c(F)cccc2Cl)C1. The van der Waals surface area contributed by atoms with Crippen LogP contribution in [0, 0.1) is 11.7 Å². The van der Waals surface area contributed by atoms with Gasteiger partial charge in [-0.05, 0) is 43.9 Å². The summed E-state index contributed by atoms with van der Waals surface area (Å²) in [6, 6.07) is 5.25. The maximum Gasteiger partial charge on any atom is 0.127 e. The first-order valence-electron chi connectivity index (χ1n) is 5.83. The van der Waals surface area contributed by atoms with Gasteiger partial charge < -0.3 is 5.32 Å². The summed E-state index contributed by atoms with van der Waals surface area (Å²) in [5.41, 5.74) is 0.649. The molecule has 1 fully saturated rings. The van der Waals surface area contributed by atoms with Crippen molar-refractivity contribution in [1.29, 1.82) is 0 Å². The Bertz CT molecular complexity index is 347. The van der Waals surface area contributed by atoms with Crippen LogP contribution in [-0.2, 0) is 6.42 Å². The van der Waals surface area contributed by atoms with Crippen LogP contribution >= 0.6 is 11.6 Å². The summed E-state index contributed by atoms with van der Waals surface area (Å²) >= 11 is 6.02. The minimum atomic E-state index is -0.187. The van der Waals surface area contributed by atoms with E-state index in [9.17, 15) is 4.39 Å². The molecule has 1 heterocycles. The Morgan fingerprint density at radius 3 is 3.00 bits per heavy atom. The lowest BCUT2D eigenvalue weighted by Crippen LogP contribution is -2.39. The van der Waals surface area contributed by atoms with Gasteiger partial charge in [-0.2, -0.15) is 0 Å². The molecule has 1 aliphatic heterocycles. The predicted molar refractivity (Wildman–Crippen MR) is 65.3 cm³/mol. The fourth-order valence-electron chi connectivity index (χ4n) is 2.35. The zero-order valence-electron chi connectivity index (χ0n) is 9.47. The first-order valence-corrected chi connectivity index (χ1v) is 6.21. The Hall–Kier alpha value is -0.600. The lowest BCUT2D eigenvalue weighted by atomic mass is 9.90. The molecule has 1 aromatic carbocycles. The van der Waals surface area contributed by atoms with E-state index >= 15 is 0 Å². The third-order valence-electron chi connectivity index (χ3n) is 3.27. The molecule has 2 unspecified atom stereocenters. The van der Waals surface area contributed by atoms with Crippen molar-refractivity contribution in [2.45, 2.75) is 32.2 Å². The molecule has 0 aliphatic carbocycles. The highest BCUT2D eigenvalue weighted by molar-refractivity contribution is 6.31. The topological polar surface area (TPSA) is 12.0 Å². The molecule has 1 saturated heterocycles. The summed E-state index contributed by atoms with van der Waals surface area (Å²) in [7, 11) is 0. The molecule has 0 spiro atoms. The van der Waals surface area contributed by atoms with Crippen LogP contribution in [0.2, 0.25) is 5.02 Å². The van der Waals surface area contributed by atoms with Gasteiger partial charge >= 0.3 is 0 Å².